The molecular weight excluding hydrogens is 166 g/mol. The molecule has 72 valence electrons. The summed E-state index contributed by atoms with van der Waals surface area (Å²) < 4.78 is 5.59. The van der Waals surface area contributed by atoms with Crippen LogP contribution in [0.15, 0.2) is 12.5 Å². The topological polar surface area (TPSA) is 45.3 Å². The Morgan fingerprint density at radius 3 is 3.23 bits per heavy atom. The van der Waals surface area contributed by atoms with Crippen LogP contribution in [-0.4, -0.2) is 24.7 Å². The van der Waals surface area contributed by atoms with Gasteiger partial charge in [0.2, 0.25) is 0 Å². The van der Waals surface area contributed by atoms with Crippen molar-refractivity contribution in [2.75, 3.05) is 6.54 Å². The Kier molecular flexibility index (Phi) is 1.70. The van der Waals surface area contributed by atoms with Crippen molar-refractivity contribution in [1.29, 1.82) is 0 Å². The Hall–Kier alpha value is -0.740. The Labute approximate surface area is 77.7 Å². The van der Waals surface area contributed by atoms with E-state index < -0.39 is 0 Å². The van der Waals surface area contributed by atoms with Crippen molar-refractivity contribution in [3.05, 3.63) is 12.5 Å². The minimum Gasteiger partial charge on any atom is -0.494 e. The maximum Gasteiger partial charge on any atom is 0.118 e. The molecule has 0 spiro atoms. The first-order valence-electron chi connectivity index (χ1n) is 4.98. The monoisotopic (exact) mass is 181 g/mol. The van der Waals surface area contributed by atoms with Crippen LogP contribution in [0, 0.1) is 5.92 Å². The largest absolute Gasteiger partial charge is 0.494 e. The van der Waals surface area contributed by atoms with Crippen LogP contribution in [0.3, 0.4) is 0 Å². The average Bonchev–Trinajstić information content (AvgIpc) is 2.61. The van der Waals surface area contributed by atoms with Crippen LogP contribution < -0.4 is 16.2 Å². The number of fused-ring (bicyclic) bond motifs is 2. The molecule has 4 nitrogen and oxygen atoms in total. The first kappa shape index (κ1) is 7.64. The Morgan fingerprint density at radius 2 is 2.23 bits per heavy atom. The molecule has 3 rings (SSSR count). The molecular formula is C9H15N3O. The van der Waals surface area contributed by atoms with Gasteiger partial charge in [-0.1, -0.05) is 0 Å². The van der Waals surface area contributed by atoms with E-state index in [1.54, 1.807) is 6.26 Å². The van der Waals surface area contributed by atoms with E-state index in [0.29, 0.717) is 18.2 Å². The number of ether oxygens (including phenoxy) is 1. The second kappa shape index (κ2) is 2.89. The molecule has 4 atom stereocenters. The molecule has 4 heteroatoms. The fraction of sp³-hybridized carbons (Fsp3) is 0.778. The van der Waals surface area contributed by atoms with E-state index in [9.17, 15) is 0 Å². The van der Waals surface area contributed by atoms with Gasteiger partial charge < -0.3 is 10.1 Å². The molecule has 3 N–H and O–H groups in total. The number of nitrogens with one attached hydrogen (secondary N) is 3. The van der Waals surface area contributed by atoms with Crippen molar-refractivity contribution in [2.24, 2.45) is 5.92 Å². The van der Waals surface area contributed by atoms with Crippen LogP contribution in [-0.2, 0) is 4.74 Å². The standard InChI is InChI=1S/C9H15N3O/c1-2-13-9-3-6-5-11-12-7(6)4-8(9)10-1/h1-2,6-12H,3-5H2. The van der Waals surface area contributed by atoms with Gasteiger partial charge in [0.1, 0.15) is 6.10 Å². The zero-order chi connectivity index (χ0) is 8.67. The molecule has 0 aromatic rings. The van der Waals surface area contributed by atoms with Crippen molar-refractivity contribution in [3.63, 3.8) is 0 Å². The lowest BCUT2D eigenvalue weighted by Crippen LogP contribution is -2.51. The van der Waals surface area contributed by atoms with Gasteiger partial charge in [0.15, 0.2) is 0 Å². The lowest BCUT2D eigenvalue weighted by atomic mass is 9.81. The quantitative estimate of drug-likeness (QED) is 0.480. The predicted molar refractivity (Wildman–Crippen MR) is 48.6 cm³/mol. The van der Waals surface area contributed by atoms with Crippen LogP contribution in [0.25, 0.3) is 0 Å². The lowest BCUT2D eigenvalue weighted by molar-refractivity contribution is 0.0383. The highest BCUT2D eigenvalue weighted by Crippen LogP contribution is 2.30. The SMILES string of the molecule is C1=COC2CC3CNNC3CC2N1. The van der Waals surface area contributed by atoms with Gasteiger partial charge in [-0.3, -0.25) is 10.9 Å². The molecule has 0 radical (unpaired) electrons. The van der Waals surface area contributed by atoms with E-state index in [1.165, 1.54) is 0 Å². The highest BCUT2D eigenvalue weighted by atomic mass is 16.5. The summed E-state index contributed by atoms with van der Waals surface area (Å²) in [6.45, 7) is 1.08. The molecule has 2 fully saturated rings. The third-order valence-corrected chi connectivity index (χ3v) is 3.34. The van der Waals surface area contributed by atoms with Crippen molar-refractivity contribution < 1.29 is 4.74 Å². The van der Waals surface area contributed by atoms with E-state index in [2.05, 4.69) is 16.2 Å². The van der Waals surface area contributed by atoms with E-state index in [-0.39, 0.29) is 0 Å². The summed E-state index contributed by atoms with van der Waals surface area (Å²) in [6.07, 6.45) is 6.38. The van der Waals surface area contributed by atoms with Crippen molar-refractivity contribution in [2.45, 2.75) is 31.0 Å². The summed E-state index contributed by atoms with van der Waals surface area (Å²) in [5.74, 6) is 0.745. The molecule has 2 heterocycles. The van der Waals surface area contributed by atoms with Crippen LogP contribution >= 0.6 is 0 Å². The number of rotatable bonds is 0. The fourth-order valence-corrected chi connectivity index (χ4v) is 2.60. The van der Waals surface area contributed by atoms with Crippen molar-refractivity contribution in [1.82, 2.24) is 16.2 Å². The van der Waals surface area contributed by atoms with Gasteiger partial charge in [-0.25, -0.2) is 0 Å². The van der Waals surface area contributed by atoms with Gasteiger partial charge in [0, 0.05) is 18.8 Å². The molecule has 0 aromatic heterocycles. The zero-order valence-electron chi connectivity index (χ0n) is 7.49. The molecule has 1 saturated carbocycles. The molecule has 0 aromatic carbocycles. The van der Waals surface area contributed by atoms with Crippen LogP contribution in [0.5, 0.6) is 0 Å². The maximum absolute atomic E-state index is 5.59. The molecule has 4 unspecified atom stereocenters. The summed E-state index contributed by atoms with van der Waals surface area (Å²) in [5.41, 5.74) is 6.54. The van der Waals surface area contributed by atoms with Crippen molar-refractivity contribution >= 4 is 0 Å². The highest BCUT2D eigenvalue weighted by Gasteiger charge is 2.40. The fourth-order valence-electron chi connectivity index (χ4n) is 2.60. The van der Waals surface area contributed by atoms with Crippen LogP contribution in [0.4, 0.5) is 0 Å². The van der Waals surface area contributed by atoms with Gasteiger partial charge in [-0.15, -0.1) is 0 Å². The third kappa shape index (κ3) is 1.21. The summed E-state index contributed by atoms with van der Waals surface area (Å²) in [5, 5.41) is 3.36. The second-order valence-electron chi connectivity index (χ2n) is 4.11. The van der Waals surface area contributed by atoms with Crippen molar-refractivity contribution in [3.8, 4) is 0 Å². The van der Waals surface area contributed by atoms with Gasteiger partial charge in [0.25, 0.3) is 0 Å². The predicted octanol–water partition coefficient (Wildman–Crippen LogP) is -0.299. The number of hydrogen-bond acceptors (Lipinski definition) is 4. The maximum atomic E-state index is 5.59. The first-order valence-corrected chi connectivity index (χ1v) is 4.98. The van der Waals surface area contributed by atoms with Crippen LogP contribution in [0.2, 0.25) is 0 Å². The Morgan fingerprint density at radius 1 is 1.23 bits per heavy atom. The summed E-state index contributed by atoms with van der Waals surface area (Å²) in [4.78, 5) is 0. The normalized spacial score (nSPS) is 47.4. The van der Waals surface area contributed by atoms with E-state index in [0.717, 1.165) is 25.3 Å². The van der Waals surface area contributed by atoms with Gasteiger partial charge in [-0.05, 0) is 18.8 Å². The number of hydrazine groups is 1. The Balaban J connectivity index is 1.75. The molecule has 0 amide bonds. The summed E-state index contributed by atoms with van der Waals surface area (Å²) >= 11 is 0. The summed E-state index contributed by atoms with van der Waals surface area (Å²) in [6, 6.07) is 1.13. The third-order valence-electron chi connectivity index (χ3n) is 3.34. The zero-order valence-corrected chi connectivity index (χ0v) is 7.49. The highest BCUT2D eigenvalue weighted by molar-refractivity contribution is 5.01. The number of hydrogen-bond donors (Lipinski definition) is 3. The molecule has 2 aliphatic heterocycles. The molecule has 0 bridgehead atoms. The molecule has 1 aliphatic carbocycles. The first-order chi connectivity index (χ1) is 6.43. The molecule has 1 saturated heterocycles. The van der Waals surface area contributed by atoms with Gasteiger partial charge >= 0.3 is 0 Å². The summed E-state index contributed by atoms with van der Waals surface area (Å²) in [7, 11) is 0. The van der Waals surface area contributed by atoms with E-state index in [1.807, 2.05) is 6.20 Å². The lowest BCUT2D eigenvalue weighted by Gasteiger charge is -2.39. The minimum absolute atomic E-state index is 0.382. The average molecular weight is 181 g/mol. The van der Waals surface area contributed by atoms with Gasteiger partial charge in [0.05, 0.1) is 12.3 Å². The Bertz CT molecular complexity index is 209. The smallest absolute Gasteiger partial charge is 0.118 e. The minimum atomic E-state index is 0.382. The molecule has 3 aliphatic rings. The van der Waals surface area contributed by atoms with Crippen LogP contribution in [0.1, 0.15) is 12.8 Å². The second-order valence-corrected chi connectivity index (χ2v) is 4.11. The van der Waals surface area contributed by atoms with E-state index >= 15 is 0 Å². The van der Waals surface area contributed by atoms with Gasteiger partial charge in [-0.2, -0.15) is 0 Å². The van der Waals surface area contributed by atoms with E-state index in [4.69, 9.17) is 4.74 Å². The molecule has 13 heavy (non-hydrogen) atoms.